The second kappa shape index (κ2) is 4.77. The summed E-state index contributed by atoms with van der Waals surface area (Å²) in [7, 11) is 0. The topological polar surface area (TPSA) is 101 Å². The second-order valence-corrected chi connectivity index (χ2v) is 4.52. The third-order valence-electron chi connectivity index (χ3n) is 3.26. The van der Waals surface area contributed by atoms with Gasteiger partial charge in [-0.2, -0.15) is 18.4 Å². The number of H-pyrrole nitrogens is 1. The highest BCUT2D eigenvalue weighted by atomic mass is 19.4. The van der Waals surface area contributed by atoms with Crippen molar-refractivity contribution in [3.8, 4) is 11.9 Å². The maximum absolute atomic E-state index is 13.2. The Hall–Kier alpha value is -3.02. The lowest BCUT2D eigenvalue weighted by Gasteiger charge is -2.24. The van der Waals surface area contributed by atoms with Gasteiger partial charge in [-0.15, -0.1) is 5.10 Å². The molecule has 0 saturated carbocycles. The van der Waals surface area contributed by atoms with Gasteiger partial charge >= 0.3 is 6.18 Å². The third kappa shape index (κ3) is 2.05. The summed E-state index contributed by atoms with van der Waals surface area (Å²) < 4.78 is 44.5. The summed E-state index contributed by atoms with van der Waals surface area (Å²) in [6, 6.07) is 4.83. The molecule has 9 heteroatoms. The molecule has 6 nitrogen and oxygen atoms in total. The lowest BCUT2D eigenvalue weighted by molar-refractivity contribution is -0.141. The summed E-state index contributed by atoms with van der Waals surface area (Å²) in [4.78, 5) is 3.82. The van der Waals surface area contributed by atoms with E-state index in [0.29, 0.717) is 5.56 Å². The number of hydrogen-bond donors (Lipinski definition) is 2. The summed E-state index contributed by atoms with van der Waals surface area (Å²) in [6.07, 6.45) is -1.83. The van der Waals surface area contributed by atoms with Crippen molar-refractivity contribution in [2.24, 2.45) is 5.73 Å². The van der Waals surface area contributed by atoms with Crippen molar-refractivity contribution in [1.29, 1.82) is 5.26 Å². The van der Waals surface area contributed by atoms with E-state index in [0.717, 1.165) is 0 Å². The van der Waals surface area contributed by atoms with E-state index in [2.05, 4.69) is 10.1 Å². The zero-order valence-electron chi connectivity index (χ0n) is 10.8. The van der Waals surface area contributed by atoms with E-state index in [1.165, 1.54) is 24.5 Å². The number of hydrogen-bond acceptors (Lipinski definition) is 5. The van der Waals surface area contributed by atoms with Gasteiger partial charge in [0.05, 0.1) is 11.5 Å². The fraction of sp³-hybridized carbons (Fsp3) is 0.154. The number of nitrogens with zero attached hydrogens (tertiary/aromatic N) is 3. The monoisotopic (exact) mass is 307 g/mol. The molecule has 0 amide bonds. The molecule has 1 atom stereocenters. The summed E-state index contributed by atoms with van der Waals surface area (Å²) in [5.74, 6) is -1.57. The maximum Gasteiger partial charge on any atom is 0.433 e. The van der Waals surface area contributed by atoms with Crippen molar-refractivity contribution in [2.45, 2.75) is 12.1 Å². The van der Waals surface area contributed by atoms with E-state index < -0.39 is 17.8 Å². The van der Waals surface area contributed by atoms with Gasteiger partial charge in [0, 0.05) is 12.4 Å². The van der Waals surface area contributed by atoms with Crippen LogP contribution in [0.1, 0.15) is 22.7 Å². The van der Waals surface area contributed by atoms with Crippen LogP contribution in [0.5, 0.6) is 5.88 Å². The largest absolute Gasteiger partial charge is 0.433 e. The molecule has 1 aliphatic rings. The number of aromatic amines is 1. The number of nitriles is 1. The van der Waals surface area contributed by atoms with Crippen molar-refractivity contribution in [3.63, 3.8) is 0 Å². The van der Waals surface area contributed by atoms with Crippen LogP contribution < -0.4 is 10.5 Å². The molecule has 0 fully saturated rings. The molecular formula is C13H8F3N5O. The van der Waals surface area contributed by atoms with E-state index in [4.69, 9.17) is 10.5 Å². The normalized spacial score (nSPS) is 17.6. The van der Waals surface area contributed by atoms with Crippen LogP contribution in [-0.4, -0.2) is 15.2 Å². The van der Waals surface area contributed by atoms with E-state index in [9.17, 15) is 18.4 Å². The van der Waals surface area contributed by atoms with Gasteiger partial charge in [0.15, 0.2) is 0 Å². The first kappa shape index (κ1) is 13.9. The van der Waals surface area contributed by atoms with Crippen molar-refractivity contribution >= 4 is 0 Å². The quantitative estimate of drug-likeness (QED) is 0.839. The summed E-state index contributed by atoms with van der Waals surface area (Å²) in [5, 5.41) is 14.7. The van der Waals surface area contributed by atoms with Gasteiger partial charge in [-0.1, -0.05) is 0 Å². The number of pyridine rings is 1. The predicted octanol–water partition coefficient (Wildman–Crippen LogP) is 2.04. The zero-order chi connectivity index (χ0) is 15.9. The summed E-state index contributed by atoms with van der Waals surface area (Å²) in [6.45, 7) is 0. The van der Waals surface area contributed by atoms with Gasteiger partial charge in [-0.25, -0.2) is 0 Å². The number of nitrogens with two attached hydrogens (primary N) is 1. The average Bonchev–Trinajstić information content (AvgIpc) is 2.90. The number of allylic oxidation sites excluding steroid dienone is 1. The van der Waals surface area contributed by atoms with Gasteiger partial charge < -0.3 is 10.5 Å². The Balaban J connectivity index is 2.27. The van der Waals surface area contributed by atoms with Gasteiger partial charge in [0.2, 0.25) is 11.8 Å². The average molecular weight is 307 g/mol. The molecule has 2 aromatic rings. The fourth-order valence-corrected chi connectivity index (χ4v) is 2.35. The standard InChI is InChI=1S/C13H8F3N5O/c14-13(15,16)10-9-8(6-1-3-19-4-2-6)7(5-17)11(18)22-12(9)21-20-10/h1-4,8H,18H2,(H,20,21)/t8-/m0/s1. The van der Waals surface area contributed by atoms with Crippen molar-refractivity contribution in [3.05, 3.63) is 52.8 Å². The fourth-order valence-electron chi connectivity index (χ4n) is 2.35. The smallest absolute Gasteiger partial charge is 0.420 e. The maximum atomic E-state index is 13.2. The molecule has 0 spiro atoms. The Morgan fingerprint density at radius 3 is 2.59 bits per heavy atom. The highest BCUT2D eigenvalue weighted by Gasteiger charge is 2.44. The van der Waals surface area contributed by atoms with Gasteiger partial charge in [-0.3, -0.25) is 10.1 Å². The predicted molar refractivity (Wildman–Crippen MR) is 67.1 cm³/mol. The molecule has 112 valence electrons. The van der Waals surface area contributed by atoms with Crippen molar-refractivity contribution in [1.82, 2.24) is 15.2 Å². The minimum Gasteiger partial charge on any atom is -0.420 e. The number of aromatic nitrogens is 3. The number of alkyl halides is 3. The molecule has 0 aromatic carbocycles. The summed E-state index contributed by atoms with van der Waals surface area (Å²) >= 11 is 0. The van der Waals surface area contributed by atoms with Crippen LogP contribution in [0.4, 0.5) is 13.2 Å². The highest BCUT2D eigenvalue weighted by Crippen LogP contribution is 2.46. The van der Waals surface area contributed by atoms with Crippen LogP contribution in [0.3, 0.4) is 0 Å². The lowest BCUT2D eigenvalue weighted by atomic mass is 9.84. The summed E-state index contributed by atoms with van der Waals surface area (Å²) in [5.41, 5.74) is 4.64. The first-order chi connectivity index (χ1) is 10.4. The first-order valence-electron chi connectivity index (χ1n) is 6.06. The molecule has 22 heavy (non-hydrogen) atoms. The van der Waals surface area contributed by atoms with Crippen LogP contribution in [-0.2, 0) is 6.18 Å². The number of fused-ring (bicyclic) bond motifs is 1. The van der Waals surface area contributed by atoms with Crippen LogP contribution in [0.2, 0.25) is 0 Å². The first-order valence-corrected chi connectivity index (χ1v) is 6.06. The molecule has 0 radical (unpaired) electrons. The molecule has 0 unspecified atom stereocenters. The Morgan fingerprint density at radius 2 is 2.00 bits per heavy atom. The number of rotatable bonds is 1. The third-order valence-corrected chi connectivity index (χ3v) is 3.26. The zero-order valence-corrected chi connectivity index (χ0v) is 10.8. The van der Waals surface area contributed by atoms with Gasteiger partial charge in [-0.05, 0) is 17.7 Å². The SMILES string of the molecule is N#CC1=C(N)Oc2n[nH]c(C(F)(F)F)c2[C@H]1c1ccncc1. The van der Waals surface area contributed by atoms with Crippen LogP contribution in [0, 0.1) is 11.3 Å². The molecule has 2 aromatic heterocycles. The van der Waals surface area contributed by atoms with Crippen LogP contribution >= 0.6 is 0 Å². The molecule has 0 bridgehead atoms. The van der Waals surface area contributed by atoms with E-state index in [-0.39, 0.29) is 22.9 Å². The highest BCUT2D eigenvalue weighted by molar-refractivity contribution is 5.55. The van der Waals surface area contributed by atoms with E-state index >= 15 is 0 Å². The van der Waals surface area contributed by atoms with Crippen LogP contribution in [0.15, 0.2) is 36.0 Å². The molecular weight excluding hydrogens is 299 g/mol. The number of ether oxygens (including phenoxy) is 1. The Morgan fingerprint density at radius 1 is 1.32 bits per heavy atom. The number of nitrogens with one attached hydrogen (secondary N) is 1. The Bertz CT molecular complexity index is 788. The van der Waals surface area contributed by atoms with E-state index in [1.807, 2.05) is 11.2 Å². The Kier molecular flexibility index (Phi) is 3.02. The molecule has 0 saturated heterocycles. The Labute approximate surface area is 122 Å². The molecule has 1 aliphatic heterocycles. The number of halogens is 3. The molecule has 3 N–H and O–H groups in total. The van der Waals surface area contributed by atoms with E-state index in [1.54, 1.807) is 0 Å². The van der Waals surface area contributed by atoms with Gasteiger partial charge in [0.25, 0.3) is 0 Å². The molecule has 3 rings (SSSR count). The molecule has 0 aliphatic carbocycles. The van der Waals surface area contributed by atoms with Crippen molar-refractivity contribution in [2.75, 3.05) is 0 Å². The van der Waals surface area contributed by atoms with Gasteiger partial charge in [0.1, 0.15) is 17.3 Å². The second-order valence-electron chi connectivity index (χ2n) is 4.52. The minimum atomic E-state index is -4.66. The van der Waals surface area contributed by atoms with Crippen molar-refractivity contribution < 1.29 is 17.9 Å². The van der Waals surface area contributed by atoms with Crippen LogP contribution in [0.25, 0.3) is 0 Å². The molecule has 3 heterocycles. The lowest BCUT2D eigenvalue weighted by Crippen LogP contribution is -2.22. The minimum absolute atomic E-state index is 0.106.